The Kier molecular flexibility index (Phi) is 6.18. The molecule has 0 bridgehead atoms. The summed E-state index contributed by atoms with van der Waals surface area (Å²) in [7, 11) is 3.64. The van der Waals surface area contributed by atoms with Crippen LogP contribution in [0.4, 0.5) is 0 Å². The number of aromatic carboxylic acids is 1. The number of hydrogen-bond donors (Lipinski definition) is 1. The average molecular weight is 278 g/mol. The molecule has 1 aromatic rings. The summed E-state index contributed by atoms with van der Waals surface area (Å²) in [5, 5.41) is 9.11. The smallest absolute Gasteiger partial charge is 0.335 e. The summed E-state index contributed by atoms with van der Waals surface area (Å²) in [6, 6.07) is 6.97. The molecule has 0 fully saturated rings. The van der Waals surface area contributed by atoms with Gasteiger partial charge >= 0.3 is 5.97 Å². The molecule has 1 amide bonds. The molecule has 5 nitrogen and oxygen atoms in total. The highest BCUT2D eigenvalue weighted by Crippen LogP contribution is 2.10. The van der Waals surface area contributed by atoms with Crippen LogP contribution in [-0.4, -0.2) is 60.5 Å². The van der Waals surface area contributed by atoms with Gasteiger partial charge in [-0.05, 0) is 32.0 Å². The molecule has 0 heterocycles. The minimum absolute atomic E-state index is 0.0709. The lowest BCUT2D eigenvalue weighted by Gasteiger charge is -2.20. The van der Waals surface area contributed by atoms with Gasteiger partial charge in [0.05, 0.1) is 12.1 Å². The third-order valence-electron chi connectivity index (χ3n) is 3.32. The largest absolute Gasteiger partial charge is 0.478 e. The van der Waals surface area contributed by atoms with Crippen molar-refractivity contribution in [1.82, 2.24) is 9.80 Å². The van der Waals surface area contributed by atoms with Gasteiger partial charge in [-0.3, -0.25) is 9.69 Å². The van der Waals surface area contributed by atoms with Crippen molar-refractivity contribution in [3.63, 3.8) is 0 Å². The Balaban J connectivity index is 2.55. The first-order valence-electron chi connectivity index (χ1n) is 6.69. The molecule has 0 aromatic heterocycles. The third kappa shape index (κ3) is 4.66. The normalized spacial score (nSPS) is 10.6. The number of benzene rings is 1. The van der Waals surface area contributed by atoms with E-state index in [1.807, 2.05) is 31.0 Å². The lowest BCUT2D eigenvalue weighted by Crippen LogP contribution is -2.37. The molecule has 110 valence electrons. The second kappa shape index (κ2) is 7.65. The Bertz CT molecular complexity index is 474. The van der Waals surface area contributed by atoms with Gasteiger partial charge in [0.1, 0.15) is 0 Å². The van der Waals surface area contributed by atoms with Crippen molar-refractivity contribution in [2.75, 3.05) is 33.7 Å². The summed E-state index contributed by atoms with van der Waals surface area (Å²) in [6.45, 7) is 3.61. The van der Waals surface area contributed by atoms with Crippen LogP contribution < -0.4 is 0 Å². The lowest BCUT2D eigenvalue weighted by atomic mass is 10.0. The maximum Gasteiger partial charge on any atom is 0.335 e. The van der Waals surface area contributed by atoms with Crippen LogP contribution in [0.2, 0.25) is 0 Å². The number of nitrogens with zero attached hydrogens (tertiary/aromatic N) is 2. The Labute approximate surface area is 119 Å². The summed E-state index contributed by atoms with van der Waals surface area (Å²) in [6.07, 6.45) is 0.613. The highest BCUT2D eigenvalue weighted by atomic mass is 16.4. The van der Waals surface area contributed by atoms with E-state index in [1.165, 1.54) is 0 Å². The standard InChI is InChI=1S/C15H22N2O3/c1-4-17(3)14(18)11-16(2)10-9-12-7-5-6-8-13(12)15(19)20/h5-8H,4,9-11H2,1-3H3,(H,19,20). The van der Waals surface area contributed by atoms with E-state index in [2.05, 4.69) is 0 Å². The summed E-state index contributed by atoms with van der Waals surface area (Å²) >= 11 is 0. The van der Waals surface area contributed by atoms with Crippen molar-refractivity contribution >= 4 is 11.9 Å². The van der Waals surface area contributed by atoms with Crippen LogP contribution in [0.1, 0.15) is 22.8 Å². The Morgan fingerprint density at radius 3 is 2.45 bits per heavy atom. The van der Waals surface area contributed by atoms with E-state index in [1.54, 1.807) is 24.1 Å². The van der Waals surface area contributed by atoms with E-state index in [0.29, 0.717) is 31.6 Å². The predicted octanol–water partition coefficient (Wildman–Crippen LogP) is 1.34. The van der Waals surface area contributed by atoms with Gasteiger partial charge < -0.3 is 10.0 Å². The Morgan fingerprint density at radius 2 is 1.85 bits per heavy atom. The lowest BCUT2D eigenvalue weighted by molar-refractivity contribution is -0.130. The third-order valence-corrected chi connectivity index (χ3v) is 3.32. The number of likely N-dealkylation sites (N-methyl/N-ethyl adjacent to an activating group) is 2. The van der Waals surface area contributed by atoms with Gasteiger partial charge in [-0.15, -0.1) is 0 Å². The van der Waals surface area contributed by atoms with Crippen molar-refractivity contribution in [3.8, 4) is 0 Å². The SMILES string of the molecule is CCN(C)C(=O)CN(C)CCc1ccccc1C(=O)O. The van der Waals surface area contributed by atoms with E-state index < -0.39 is 5.97 Å². The van der Waals surface area contributed by atoms with Gasteiger partial charge in [0.2, 0.25) is 5.91 Å². The number of hydrogen-bond acceptors (Lipinski definition) is 3. The van der Waals surface area contributed by atoms with Gasteiger partial charge in [0, 0.05) is 20.1 Å². The molecule has 0 saturated carbocycles. The number of amides is 1. The maximum absolute atomic E-state index is 11.8. The van der Waals surface area contributed by atoms with Crippen molar-refractivity contribution < 1.29 is 14.7 Å². The monoisotopic (exact) mass is 278 g/mol. The molecule has 0 unspecified atom stereocenters. The van der Waals surface area contributed by atoms with E-state index in [0.717, 1.165) is 5.56 Å². The number of carbonyl (C=O) groups excluding carboxylic acids is 1. The molecule has 0 atom stereocenters. The number of carboxylic acids is 1. The fourth-order valence-electron chi connectivity index (χ4n) is 1.87. The van der Waals surface area contributed by atoms with Crippen LogP contribution >= 0.6 is 0 Å². The zero-order valence-electron chi connectivity index (χ0n) is 12.3. The molecule has 20 heavy (non-hydrogen) atoms. The number of rotatable bonds is 7. The van der Waals surface area contributed by atoms with Crippen LogP contribution in [-0.2, 0) is 11.2 Å². The molecule has 1 aromatic carbocycles. The van der Waals surface area contributed by atoms with E-state index in [9.17, 15) is 9.59 Å². The minimum Gasteiger partial charge on any atom is -0.478 e. The van der Waals surface area contributed by atoms with Crippen LogP contribution in [0, 0.1) is 0 Å². The number of carbonyl (C=O) groups is 2. The molecular weight excluding hydrogens is 256 g/mol. The second-order valence-electron chi connectivity index (χ2n) is 4.86. The van der Waals surface area contributed by atoms with Crippen LogP contribution in [0.25, 0.3) is 0 Å². The van der Waals surface area contributed by atoms with Gasteiger partial charge in [-0.1, -0.05) is 18.2 Å². The van der Waals surface area contributed by atoms with Crippen molar-refractivity contribution in [2.24, 2.45) is 0 Å². The van der Waals surface area contributed by atoms with Gasteiger partial charge in [0.15, 0.2) is 0 Å². The van der Waals surface area contributed by atoms with Crippen molar-refractivity contribution in [1.29, 1.82) is 0 Å². The zero-order valence-corrected chi connectivity index (χ0v) is 12.3. The number of carboxylic acid groups (broad SMARTS) is 1. The maximum atomic E-state index is 11.8. The highest BCUT2D eigenvalue weighted by Gasteiger charge is 2.12. The fraction of sp³-hybridized carbons (Fsp3) is 0.467. The predicted molar refractivity (Wildman–Crippen MR) is 77.9 cm³/mol. The summed E-state index contributed by atoms with van der Waals surface area (Å²) < 4.78 is 0. The Hall–Kier alpha value is -1.88. The second-order valence-corrected chi connectivity index (χ2v) is 4.86. The van der Waals surface area contributed by atoms with E-state index >= 15 is 0 Å². The summed E-state index contributed by atoms with van der Waals surface area (Å²) in [5.41, 5.74) is 1.13. The molecule has 1 rings (SSSR count). The molecule has 0 spiro atoms. The molecule has 0 aliphatic heterocycles. The zero-order chi connectivity index (χ0) is 15.1. The topological polar surface area (TPSA) is 60.9 Å². The fourth-order valence-corrected chi connectivity index (χ4v) is 1.87. The minimum atomic E-state index is -0.912. The Morgan fingerprint density at radius 1 is 1.20 bits per heavy atom. The molecule has 0 aliphatic rings. The molecule has 5 heteroatoms. The van der Waals surface area contributed by atoms with Gasteiger partial charge in [-0.25, -0.2) is 4.79 Å². The van der Waals surface area contributed by atoms with Gasteiger partial charge in [0.25, 0.3) is 0 Å². The first kappa shape index (κ1) is 16.2. The molecule has 0 aliphatic carbocycles. The summed E-state index contributed by atoms with van der Waals surface area (Å²) in [5.74, 6) is -0.841. The molecule has 0 radical (unpaired) electrons. The van der Waals surface area contributed by atoms with Crippen molar-refractivity contribution in [2.45, 2.75) is 13.3 Å². The molecule has 0 saturated heterocycles. The average Bonchev–Trinajstić information content (AvgIpc) is 2.44. The van der Waals surface area contributed by atoms with Crippen molar-refractivity contribution in [3.05, 3.63) is 35.4 Å². The van der Waals surface area contributed by atoms with Gasteiger partial charge in [-0.2, -0.15) is 0 Å². The van der Waals surface area contributed by atoms with Crippen LogP contribution in [0.5, 0.6) is 0 Å². The molecular formula is C15H22N2O3. The highest BCUT2D eigenvalue weighted by molar-refractivity contribution is 5.89. The molecule has 1 N–H and O–H groups in total. The quantitative estimate of drug-likeness (QED) is 0.817. The first-order valence-corrected chi connectivity index (χ1v) is 6.69. The van der Waals surface area contributed by atoms with E-state index in [4.69, 9.17) is 5.11 Å². The summed E-state index contributed by atoms with van der Waals surface area (Å²) in [4.78, 5) is 26.4. The first-order chi connectivity index (χ1) is 9.45. The van der Waals surface area contributed by atoms with Crippen LogP contribution in [0.15, 0.2) is 24.3 Å². The van der Waals surface area contributed by atoms with E-state index in [-0.39, 0.29) is 5.91 Å². The van der Waals surface area contributed by atoms with Crippen LogP contribution in [0.3, 0.4) is 0 Å².